The Hall–Kier alpha value is -3.08. The van der Waals surface area contributed by atoms with Gasteiger partial charge in [0.1, 0.15) is 12.2 Å². The van der Waals surface area contributed by atoms with Crippen molar-refractivity contribution in [3.8, 4) is 0 Å². The number of carboxylic acid groups (broad SMARTS) is 1. The van der Waals surface area contributed by atoms with E-state index in [9.17, 15) is 19.2 Å². The minimum atomic E-state index is -1.06. The van der Waals surface area contributed by atoms with Gasteiger partial charge in [0.25, 0.3) is 0 Å². The lowest BCUT2D eigenvalue weighted by Crippen LogP contribution is -2.14. The number of aliphatic carboxylic acids is 1. The number of carbonyl (C=O) groups is 4. The number of Topliss-reactive ketones (excluding diaryl/α,β-unsaturated/α-hetero) is 3. The molecule has 0 atom stereocenters. The average molecular weight is 312 g/mol. The van der Waals surface area contributed by atoms with E-state index < -0.39 is 17.5 Å². The Labute approximate surface area is 133 Å². The predicted octanol–water partition coefficient (Wildman–Crippen LogP) is 2.80. The summed E-state index contributed by atoms with van der Waals surface area (Å²) in [5.41, 5.74) is 0.854. The van der Waals surface area contributed by atoms with Gasteiger partial charge in [-0.25, -0.2) is 0 Å². The molecule has 2 aromatic carbocycles. The van der Waals surface area contributed by atoms with Crippen molar-refractivity contribution in [2.24, 2.45) is 0 Å². The van der Waals surface area contributed by atoms with E-state index in [0.29, 0.717) is 11.1 Å². The lowest BCUT2D eigenvalue weighted by Gasteiger charge is -1.99. The highest BCUT2D eigenvalue weighted by Gasteiger charge is 2.16. The molecule has 0 bridgehead atoms. The highest BCUT2D eigenvalue weighted by molar-refractivity contribution is 6.49. The summed E-state index contributed by atoms with van der Waals surface area (Å²) in [5, 5.41) is 7.86. The third kappa shape index (κ3) is 6.48. The average Bonchev–Trinajstić information content (AvgIpc) is 2.54. The van der Waals surface area contributed by atoms with E-state index in [1.807, 2.05) is 12.1 Å². The summed E-state index contributed by atoms with van der Waals surface area (Å²) in [4.78, 5) is 43.1. The summed E-state index contributed by atoms with van der Waals surface area (Å²) in [5.74, 6) is -2.31. The van der Waals surface area contributed by atoms with Crippen LogP contribution in [0.25, 0.3) is 0 Å². The first-order valence-corrected chi connectivity index (χ1v) is 6.82. The molecule has 0 unspecified atom stereocenters. The molecular weight excluding hydrogens is 296 g/mol. The Balaban J connectivity index is 0.000000322. The monoisotopic (exact) mass is 312 g/mol. The van der Waals surface area contributed by atoms with Crippen molar-refractivity contribution in [2.75, 3.05) is 0 Å². The van der Waals surface area contributed by atoms with Gasteiger partial charge in [0.15, 0.2) is 0 Å². The molecule has 0 spiro atoms. The Bertz CT molecular complexity index is 628. The van der Waals surface area contributed by atoms with Gasteiger partial charge in [-0.2, -0.15) is 0 Å². The van der Waals surface area contributed by atoms with Crippen molar-refractivity contribution in [1.29, 1.82) is 0 Å². The summed E-state index contributed by atoms with van der Waals surface area (Å²) in [7, 11) is 0. The number of benzene rings is 2. The van der Waals surface area contributed by atoms with E-state index >= 15 is 0 Å². The maximum Gasteiger partial charge on any atom is 0.310 e. The van der Waals surface area contributed by atoms with Crippen LogP contribution in [0.4, 0.5) is 0 Å². The van der Waals surface area contributed by atoms with Crippen LogP contribution >= 0.6 is 0 Å². The number of carboxylic acids is 1. The zero-order chi connectivity index (χ0) is 17.2. The fourth-order valence-corrected chi connectivity index (χ4v) is 1.65. The van der Waals surface area contributed by atoms with E-state index in [4.69, 9.17) is 5.11 Å². The van der Waals surface area contributed by atoms with Crippen LogP contribution in [0.15, 0.2) is 60.7 Å². The molecule has 2 rings (SSSR count). The second-order valence-corrected chi connectivity index (χ2v) is 4.66. The molecule has 0 aromatic heterocycles. The maximum absolute atomic E-state index is 11.8. The van der Waals surface area contributed by atoms with Crippen LogP contribution in [0.5, 0.6) is 0 Å². The first-order valence-electron chi connectivity index (χ1n) is 6.82. The van der Waals surface area contributed by atoms with Crippen molar-refractivity contribution in [3.63, 3.8) is 0 Å². The van der Waals surface area contributed by atoms with Crippen molar-refractivity contribution in [3.05, 3.63) is 71.8 Å². The third-order valence-electron chi connectivity index (χ3n) is 2.68. The quantitative estimate of drug-likeness (QED) is 0.521. The summed E-state index contributed by atoms with van der Waals surface area (Å²) < 4.78 is 0. The van der Waals surface area contributed by atoms with E-state index in [1.165, 1.54) is 6.92 Å². The number of hydrogen-bond donors (Lipinski definition) is 1. The van der Waals surface area contributed by atoms with Gasteiger partial charge in [-0.05, 0) is 6.92 Å². The van der Waals surface area contributed by atoms with Crippen LogP contribution in [0.1, 0.15) is 34.1 Å². The SMILES string of the molecule is CC(=O)CC(=O)O.O=C(C(=O)c1ccccc1)c1ccccc1. The van der Waals surface area contributed by atoms with Gasteiger partial charge < -0.3 is 5.11 Å². The summed E-state index contributed by atoms with van der Waals surface area (Å²) in [6.07, 6.45) is -0.361. The normalized spacial score (nSPS) is 9.26. The van der Waals surface area contributed by atoms with Gasteiger partial charge in [-0.3, -0.25) is 19.2 Å². The molecular formula is C18H16O5. The lowest BCUT2D eigenvalue weighted by molar-refractivity contribution is -0.139. The van der Waals surface area contributed by atoms with Crippen molar-refractivity contribution < 1.29 is 24.3 Å². The minimum absolute atomic E-state index is 0.312. The topological polar surface area (TPSA) is 88.5 Å². The van der Waals surface area contributed by atoms with Crippen LogP contribution in [-0.2, 0) is 9.59 Å². The second kappa shape index (κ2) is 9.04. The van der Waals surface area contributed by atoms with Crippen molar-refractivity contribution in [1.82, 2.24) is 0 Å². The Kier molecular flexibility index (Phi) is 7.07. The molecule has 0 heterocycles. The fraction of sp³-hybridized carbons (Fsp3) is 0.111. The lowest BCUT2D eigenvalue weighted by atomic mass is 10.0. The molecule has 5 heteroatoms. The predicted molar refractivity (Wildman–Crippen MR) is 84.5 cm³/mol. The highest BCUT2D eigenvalue weighted by Crippen LogP contribution is 2.07. The molecule has 5 nitrogen and oxygen atoms in total. The Morgan fingerprint density at radius 3 is 1.30 bits per heavy atom. The first-order chi connectivity index (χ1) is 10.9. The Morgan fingerprint density at radius 2 is 1.09 bits per heavy atom. The molecule has 0 saturated heterocycles. The number of carbonyl (C=O) groups excluding carboxylic acids is 3. The van der Waals surface area contributed by atoms with E-state index in [2.05, 4.69) is 0 Å². The van der Waals surface area contributed by atoms with Crippen LogP contribution in [-0.4, -0.2) is 28.4 Å². The van der Waals surface area contributed by atoms with Crippen molar-refractivity contribution >= 4 is 23.3 Å². The summed E-state index contributed by atoms with van der Waals surface area (Å²) >= 11 is 0. The van der Waals surface area contributed by atoms with Crippen LogP contribution in [0.3, 0.4) is 0 Å². The van der Waals surface area contributed by atoms with Gasteiger partial charge >= 0.3 is 5.97 Å². The van der Waals surface area contributed by atoms with E-state index in [0.717, 1.165) is 0 Å². The highest BCUT2D eigenvalue weighted by atomic mass is 16.4. The molecule has 1 N–H and O–H groups in total. The number of ketones is 3. The molecule has 0 saturated carbocycles. The van der Waals surface area contributed by atoms with Gasteiger partial charge in [0.05, 0.1) is 0 Å². The molecule has 118 valence electrons. The first kappa shape index (κ1) is 18.0. The molecule has 0 radical (unpaired) electrons. The number of hydrogen-bond acceptors (Lipinski definition) is 4. The van der Waals surface area contributed by atoms with E-state index in [1.54, 1.807) is 48.5 Å². The standard InChI is InChI=1S/C14H10O2.C4H6O3/c15-13(11-7-3-1-4-8-11)14(16)12-9-5-2-6-10-12;1-3(5)2-4(6)7/h1-10H;2H2,1H3,(H,6,7). The smallest absolute Gasteiger partial charge is 0.310 e. The van der Waals surface area contributed by atoms with Gasteiger partial charge in [-0.1, -0.05) is 60.7 Å². The van der Waals surface area contributed by atoms with Gasteiger partial charge in [-0.15, -0.1) is 0 Å². The van der Waals surface area contributed by atoms with Crippen LogP contribution in [0, 0.1) is 0 Å². The maximum atomic E-state index is 11.8. The van der Waals surface area contributed by atoms with Crippen LogP contribution < -0.4 is 0 Å². The summed E-state index contributed by atoms with van der Waals surface area (Å²) in [6, 6.07) is 17.2. The second-order valence-electron chi connectivity index (χ2n) is 4.66. The van der Waals surface area contributed by atoms with Crippen LogP contribution in [0.2, 0.25) is 0 Å². The zero-order valence-electron chi connectivity index (χ0n) is 12.6. The summed E-state index contributed by atoms with van der Waals surface area (Å²) in [6.45, 7) is 1.24. The largest absolute Gasteiger partial charge is 0.481 e. The van der Waals surface area contributed by atoms with Crippen molar-refractivity contribution in [2.45, 2.75) is 13.3 Å². The minimum Gasteiger partial charge on any atom is -0.481 e. The molecule has 0 aliphatic rings. The molecule has 0 fully saturated rings. The third-order valence-corrected chi connectivity index (χ3v) is 2.68. The molecule has 0 amide bonds. The molecule has 2 aromatic rings. The molecule has 23 heavy (non-hydrogen) atoms. The molecule has 0 aliphatic heterocycles. The number of rotatable bonds is 5. The van der Waals surface area contributed by atoms with Gasteiger partial charge in [0, 0.05) is 11.1 Å². The Morgan fingerprint density at radius 1 is 0.739 bits per heavy atom. The molecule has 0 aliphatic carbocycles. The zero-order valence-corrected chi connectivity index (χ0v) is 12.6. The fourth-order valence-electron chi connectivity index (χ4n) is 1.65. The van der Waals surface area contributed by atoms with E-state index in [-0.39, 0.29) is 12.2 Å². The van der Waals surface area contributed by atoms with Gasteiger partial charge in [0.2, 0.25) is 11.6 Å².